The Morgan fingerprint density at radius 1 is 1.09 bits per heavy atom. The molecule has 0 fully saturated rings. The van der Waals surface area contributed by atoms with Gasteiger partial charge in [0.15, 0.2) is 5.76 Å². The minimum atomic E-state index is -3.60. The van der Waals surface area contributed by atoms with Gasteiger partial charge in [-0.1, -0.05) is 22.9 Å². The lowest BCUT2D eigenvalue weighted by atomic mass is 10.2. The van der Waals surface area contributed by atoms with Gasteiger partial charge in [-0.05, 0) is 38.1 Å². The lowest BCUT2D eigenvalue weighted by Gasteiger charge is -2.06. The molecule has 2 aromatic heterocycles. The summed E-state index contributed by atoms with van der Waals surface area (Å²) in [6, 6.07) is 12.2. The van der Waals surface area contributed by atoms with Gasteiger partial charge in [0.2, 0.25) is 0 Å². The molecule has 1 N–H and O–H groups in total. The highest BCUT2D eigenvalue weighted by molar-refractivity contribution is 7.94. The summed E-state index contributed by atoms with van der Waals surface area (Å²) >= 11 is 1.14. The number of benzene rings is 1. The molecule has 0 bridgehead atoms. The lowest BCUT2D eigenvalue weighted by Crippen LogP contribution is -2.11. The van der Waals surface area contributed by atoms with Crippen LogP contribution in [0.5, 0.6) is 0 Å². The number of nitrogens with zero attached hydrogens (tertiary/aromatic N) is 1. The van der Waals surface area contributed by atoms with Crippen molar-refractivity contribution in [2.75, 3.05) is 4.72 Å². The van der Waals surface area contributed by atoms with Crippen LogP contribution < -0.4 is 4.72 Å². The monoisotopic (exact) mass is 334 g/mol. The Morgan fingerprint density at radius 2 is 1.82 bits per heavy atom. The summed E-state index contributed by atoms with van der Waals surface area (Å²) in [5.74, 6) is 0.569. The Balaban J connectivity index is 1.86. The van der Waals surface area contributed by atoms with Crippen LogP contribution in [0.25, 0.3) is 10.6 Å². The molecule has 0 saturated heterocycles. The fourth-order valence-corrected chi connectivity index (χ4v) is 4.22. The van der Waals surface area contributed by atoms with Crippen LogP contribution in [0.15, 0.2) is 51.2 Å². The molecule has 1 aromatic carbocycles. The summed E-state index contributed by atoms with van der Waals surface area (Å²) in [4.78, 5) is 0.727. The van der Waals surface area contributed by atoms with Gasteiger partial charge in [-0.25, -0.2) is 8.42 Å². The van der Waals surface area contributed by atoms with Gasteiger partial charge in [0.25, 0.3) is 10.0 Å². The molecule has 114 valence electrons. The lowest BCUT2D eigenvalue weighted by molar-refractivity contribution is 0.428. The number of aromatic nitrogens is 1. The molecular weight excluding hydrogens is 320 g/mol. The number of thiophene rings is 1. The van der Waals surface area contributed by atoms with E-state index in [0.717, 1.165) is 27.5 Å². The van der Waals surface area contributed by atoms with E-state index in [4.69, 9.17) is 4.52 Å². The minimum absolute atomic E-state index is 0.233. The molecule has 3 rings (SSSR count). The van der Waals surface area contributed by atoms with Crippen LogP contribution in [0.1, 0.15) is 11.3 Å². The first kappa shape index (κ1) is 14.8. The van der Waals surface area contributed by atoms with Crippen molar-refractivity contribution < 1.29 is 12.9 Å². The van der Waals surface area contributed by atoms with Crippen LogP contribution in [0.2, 0.25) is 0 Å². The summed E-state index contributed by atoms with van der Waals surface area (Å²) in [5, 5.41) is 3.81. The number of anilines is 1. The van der Waals surface area contributed by atoms with Gasteiger partial charge >= 0.3 is 0 Å². The van der Waals surface area contributed by atoms with Crippen LogP contribution in [0.4, 0.5) is 5.69 Å². The zero-order chi connectivity index (χ0) is 15.7. The van der Waals surface area contributed by atoms with E-state index in [2.05, 4.69) is 9.88 Å². The number of hydrogen-bond donors (Lipinski definition) is 1. The molecule has 0 unspecified atom stereocenters. The smallest absolute Gasteiger partial charge is 0.271 e. The quantitative estimate of drug-likeness (QED) is 0.787. The highest BCUT2D eigenvalue weighted by atomic mass is 32.2. The summed E-state index contributed by atoms with van der Waals surface area (Å²) < 4.78 is 32.7. The van der Waals surface area contributed by atoms with E-state index in [0.29, 0.717) is 11.4 Å². The Kier molecular flexibility index (Phi) is 3.76. The zero-order valence-electron chi connectivity index (χ0n) is 12.0. The van der Waals surface area contributed by atoms with Crippen molar-refractivity contribution in [1.29, 1.82) is 0 Å². The summed E-state index contributed by atoms with van der Waals surface area (Å²) in [7, 11) is -3.60. The second-order valence-electron chi connectivity index (χ2n) is 4.92. The van der Waals surface area contributed by atoms with E-state index >= 15 is 0 Å². The highest BCUT2D eigenvalue weighted by Crippen LogP contribution is 2.32. The van der Waals surface area contributed by atoms with Crippen molar-refractivity contribution >= 4 is 27.0 Å². The van der Waals surface area contributed by atoms with Crippen molar-refractivity contribution in [3.63, 3.8) is 0 Å². The van der Waals surface area contributed by atoms with Crippen molar-refractivity contribution in [2.24, 2.45) is 0 Å². The first-order valence-electron chi connectivity index (χ1n) is 6.57. The van der Waals surface area contributed by atoms with Crippen LogP contribution in [0.3, 0.4) is 0 Å². The number of sulfonamides is 1. The Hall–Kier alpha value is -2.12. The Bertz CT molecular complexity index is 893. The molecule has 22 heavy (non-hydrogen) atoms. The molecule has 0 aliphatic rings. The maximum absolute atomic E-state index is 12.4. The fraction of sp³-hybridized carbons (Fsp3) is 0.133. The molecule has 0 atom stereocenters. The van der Waals surface area contributed by atoms with E-state index in [1.54, 1.807) is 30.3 Å². The summed E-state index contributed by atoms with van der Waals surface area (Å²) in [5.41, 5.74) is 2.36. The maximum atomic E-state index is 12.4. The second-order valence-corrected chi connectivity index (χ2v) is 7.92. The molecule has 0 amide bonds. The number of hydrogen-bond acceptors (Lipinski definition) is 5. The largest absolute Gasteiger partial charge is 0.355 e. The molecule has 0 aliphatic heterocycles. The normalized spacial score (nSPS) is 11.5. The predicted octanol–water partition coefficient (Wildman–Crippen LogP) is 3.82. The third kappa shape index (κ3) is 3.05. The van der Waals surface area contributed by atoms with Crippen molar-refractivity contribution in [3.05, 3.63) is 53.7 Å². The average molecular weight is 334 g/mol. The highest BCUT2D eigenvalue weighted by Gasteiger charge is 2.18. The van der Waals surface area contributed by atoms with Gasteiger partial charge in [0.05, 0.1) is 10.6 Å². The van der Waals surface area contributed by atoms with Crippen molar-refractivity contribution in [2.45, 2.75) is 18.1 Å². The van der Waals surface area contributed by atoms with E-state index in [9.17, 15) is 8.42 Å². The second kappa shape index (κ2) is 5.58. The van der Waals surface area contributed by atoms with Crippen LogP contribution >= 0.6 is 11.3 Å². The molecule has 2 heterocycles. The SMILES string of the molecule is Cc1ccc(NS(=O)(=O)c2ccc(-c3cc(C)no3)s2)cc1. The molecule has 0 radical (unpaired) electrons. The molecule has 0 aliphatic carbocycles. The molecule has 0 saturated carbocycles. The van der Waals surface area contributed by atoms with Crippen molar-refractivity contribution in [1.82, 2.24) is 5.16 Å². The molecular formula is C15H14N2O3S2. The van der Waals surface area contributed by atoms with Crippen LogP contribution in [-0.2, 0) is 10.0 Å². The predicted molar refractivity (Wildman–Crippen MR) is 86.5 cm³/mol. The van der Waals surface area contributed by atoms with E-state index in [1.807, 2.05) is 26.0 Å². The first-order valence-corrected chi connectivity index (χ1v) is 8.87. The maximum Gasteiger partial charge on any atom is 0.271 e. The van der Waals surface area contributed by atoms with Crippen LogP contribution in [-0.4, -0.2) is 13.6 Å². The Labute approximate surface area is 132 Å². The number of rotatable bonds is 4. The van der Waals surface area contributed by atoms with Gasteiger partial charge in [0.1, 0.15) is 4.21 Å². The van der Waals surface area contributed by atoms with Gasteiger partial charge in [-0.3, -0.25) is 4.72 Å². The Morgan fingerprint density at radius 3 is 2.45 bits per heavy atom. The molecule has 3 aromatic rings. The summed E-state index contributed by atoms with van der Waals surface area (Å²) in [6.45, 7) is 3.76. The van der Waals surface area contributed by atoms with Gasteiger partial charge < -0.3 is 4.52 Å². The van der Waals surface area contributed by atoms with Crippen molar-refractivity contribution in [3.8, 4) is 10.6 Å². The first-order chi connectivity index (χ1) is 10.4. The topological polar surface area (TPSA) is 72.2 Å². The van der Waals surface area contributed by atoms with Gasteiger partial charge in [-0.2, -0.15) is 0 Å². The third-order valence-corrected chi connectivity index (χ3v) is 5.99. The van der Waals surface area contributed by atoms with Crippen LogP contribution in [0, 0.1) is 13.8 Å². The number of nitrogens with one attached hydrogen (secondary N) is 1. The van der Waals surface area contributed by atoms with E-state index < -0.39 is 10.0 Å². The zero-order valence-corrected chi connectivity index (χ0v) is 13.7. The molecule has 5 nitrogen and oxygen atoms in total. The number of aryl methyl sites for hydroxylation is 2. The fourth-order valence-electron chi connectivity index (χ4n) is 1.90. The molecule has 0 spiro atoms. The average Bonchev–Trinajstić information content (AvgIpc) is 3.10. The minimum Gasteiger partial charge on any atom is -0.355 e. The van der Waals surface area contributed by atoms with E-state index in [-0.39, 0.29) is 4.21 Å². The third-order valence-electron chi connectivity index (χ3n) is 3.02. The van der Waals surface area contributed by atoms with Gasteiger partial charge in [0, 0.05) is 11.8 Å². The molecule has 7 heteroatoms. The van der Waals surface area contributed by atoms with Gasteiger partial charge in [-0.15, -0.1) is 11.3 Å². The van der Waals surface area contributed by atoms with E-state index in [1.165, 1.54) is 0 Å². The summed E-state index contributed by atoms with van der Waals surface area (Å²) in [6.07, 6.45) is 0. The standard InChI is InChI=1S/C15H14N2O3S2/c1-10-3-5-12(6-4-10)17-22(18,19)15-8-7-14(21-15)13-9-11(2)16-20-13/h3-9,17H,1-2H3.